The summed E-state index contributed by atoms with van der Waals surface area (Å²) in [6.07, 6.45) is 0.817. The lowest BCUT2D eigenvalue weighted by Crippen LogP contribution is -2.41. The van der Waals surface area contributed by atoms with Crippen LogP contribution >= 0.6 is 0 Å². The Morgan fingerprint density at radius 1 is 1.53 bits per heavy atom. The van der Waals surface area contributed by atoms with E-state index in [0.29, 0.717) is 0 Å². The quantitative estimate of drug-likeness (QED) is 0.830. The molecule has 0 aromatic heterocycles. The summed E-state index contributed by atoms with van der Waals surface area (Å²) >= 11 is 0. The van der Waals surface area contributed by atoms with Gasteiger partial charge in [0.15, 0.2) is 0 Å². The molecule has 0 saturated heterocycles. The van der Waals surface area contributed by atoms with Crippen molar-refractivity contribution in [2.24, 2.45) is 5.73 Å². The zero-order valence-electron chi connectivity index (χ0n) is 10.2. The number of benzene rings is 1. The van der Waals surface area contributed by atoms with Gasteiger partial charge in [-0.05, 0) is 19.9 Å². The van der Waals surface area contributed by atoms with Crippen molar-refractivity contribution in [1.29, 1.82) is 0 Å². The number of primary amides is 1. The Labute approximate surface area is 101 Å². The second-order valence-electron chi connectivity index (χ2n) is 5.00. The van der Waals surface area contributed by atoms with Crippen LogP contribution in [0.5, 0.6) is 5.75 Å². The van der Waals surface area contributed by atoms with Crippen molar-refractivity contribution in [2.75, 3.05) is 6.54 Å². The van der Waals surface area contributed by atoms with E-state index in [2.05, 4.69) is 5.32 Å². The van der Waals surface area contributed by atoms with E-state index >= 15 is 0 Å². The SMILES string of the molecule is CC1(C)CC(NCC(N)=O)c2ccccc2O1. The maximum atomic E-state index is 10.8. The van der Waals surface area contributed by atoms with Crippen molar-refractivity contribution in [3.63, 3.8) is 0 Å². The molecule has 1 aromatic carbocycles. The first-order valence-corrected chi connectivity index (χ1v) is 5.77. The highest BCUT2D eigenvalue weighted by atomic mass is 16.5. The van der Waals surface area contributed by atoms with Crippen LogP contribution in [0, 0.1) is 0 Å². The zero-order valence-corrected chi connectivity index (χ0v) is 10.2. The summed E-state index contributed by atoms with van der Waals surface area (Å²) < 4.78 is 5.90. The van der Waals surface area contributed by atoms with Crippen LogP contribution in [0.25, 0.3) is 0 Å². The minimum Gasteiger partial charge on any atom is -0.487 e. The number of para-hydroxylation sites is 1. The number of fused-ring (bicyclic) bond motifs is 1. The Morgan fingerprint density at radius 3 is 2.94 bits per heavy atom. The van der Waals surface area contributed by atoms with E-state index in [-0.39, 0.29) is 24.1 Å². The van der Waals surface area contributed by atoms with E-state index < -0.39 is 0 Å². The lowest BCUT2D eigenvalue weighted by atomic mass is 9.90. The highest BCUT2D eigenvalue weighted by molar-refractivity contribution is 5.76. The third-order valence-corrected chi connectivity index (χ3v) is 2.90. The third-order valence-electron chi connectivity index (χ3n) is 2.90. The molecule has 0 bridgehead atoms. The number of rotatable bonds is 3. The van der Waals surface area contributed by atoms with Crippen molar-refractivity contribution in [2.45, 2.75) is 31.9 Å². The predicted molar refractivity (Wildman–Crippen MR) is 65.7 cm³/mol. The van der Waals surface area contributed by atoms with E-state index in [0.717, 1.165) is 17.7 Å². The van der Waals surface area contributed by atoms with Gasteiger partial charge in [-0.15, -0.1) is 0 Å². The van der Waals surface area contributed by atoms with Gasteiger partial charge in [0.25, 0.3) is 0 Å². The summed E-state index contributed by atoms with van der Waals surface area (Å²) in [6.45, 7) is 4.28. The van der Waals surface area contributed by atoms with Crippen LogP contribution in [0.2, 0.25) is 0 Å². The number of carbonyl (C=O) groups is 1. The first-order chi connectivity index (χ1) is 7.98. The summed E-state index contributed by atoms with van der Waals surface area (Å²) in [7, 11) is 0. The Kier molecular flexibility index (Phi) is 3.07. The summed E-state index contributed by atoms with van der Waals surface area (Å²) in [4.78, 5) is 10.8. The van der Waals surface area contributed by atoms with E-state index in [9.17, 15) is 4.79 Å². The summed E-state index contributed by atoms with van der Waals surface area (Å²) in [5, 5.41) is 3.18. The van der Waals surface area contributed by atoms with Gasteiger partial charge in [-0.3, -0.25) is 4.79 Å². The van der Waals surface area contributed by atoms with Gasteiger partial charge < -0.3 is 15.8 Å². The molecule has 2 rings (SSSR count). The minimum atomic E-state index is -0.341. The van der Waals surface area contributed by atoms with Gasteiger partial charge >= 0.3 is 0 Å². The molecule has 1 amide bonds. The van der Waals surface area contributed by atoms with Crippen LogP contribution < -0.4 is 15.8 Å². The van der Waals surface area contributed by atoms with Crippen molar-refractivity contribution < 1.29 is 9.53 Å². The maximum absolute atomic E-state index is 10.8. The highest BCUT2D eigenvalue weighted by Gasteiger charge is 2.33. The highest BCUT2D eigenvalue weighted by Crippen LogP contribution is 2.38. The average molecular weight is 234 g/mol. The summed E-state index contributed by atoms with van der Waals surface area (Å²) in [5.74, 6) is 0.539. The number of amides is 1. The fraction of sp³-hybridized carbons (Fsp3) is 0.462. The molecule has 1 aromatic rings. The molecule has 0 aliphatic carbocycles. The molecule has 17 heavy (non-hydrogen) atoms. The van der Waals surface area contributed by atoms with Gasteiger partial charge in [-0.1, -0.05) is 18.2 Å². The molecule has 1 aliphatic rings. The fourth-order valence-electron chi connectivity index (χ4n) is 2.21. The van der Waals surface area contributed by atoms with Gasteiger partial charge in [-0.2, -0.15) is 0 Å². The average Bonchev–Trinajstić information content (AvgIpc) is 2.24. The Morgan fingerprint density at radius 2 is 2.24 bits per heavy atom. The first-order valence-electron chi connectivity index (χ1n) is 5.77. The molecule has 92 valence electrons. The van der Waals surface area contributed by atoms with Gasteiger partial charge in [-0.25, -0.2) is 0 Å². The van der Waals surface area contributed by atoms with E-state index in [1.807, 2.05) is 38.1 Å². The molecular weight excluding hydrogens is 216 g/mol. The van der Waals surface area contributed by atoms with Gasteiger partial charge in [0.05, 0.1) is 6.54 Å². The fourth-order valence-corrected chi connectivity index (χ4v) is 2.21. The number of nitrogens with one attached hydrogen (secondary N) is 1. The van der Waals surface area contributed by atoms with Gasteiger partial charge in [0.2, 0.25) is 5.91 Å². The normalized spacial score (nSPS) is 21.4. The molecule has 0 fully saturated rings. The Bertz CT molecular complexity index is 429. The van der Waals surface area contributed by atoms with Crippen LogP contribution in [0.15, 0.2) is 24.3 Å². The number of ether oxygens (including phenoxy) is 1. The molecule has 0 radical (unpaired) electrons. The number of carbonyl (C=O) groups excluding carboxylic acids is 1. The van der Waals surface area contributed by atoms with Crippen molar-refractivity contribution in [1.82, 2.24) is 5.32 Å². The summed E-state index contributed by atoms with van der Waals surface area (Å²) in [6, 6.07) is 8.01. The lowest BCUT2D eigenvalue weighted by Gasteiger charge is -2.37. The standard InChI is InChI=1S/C13H18N2O2/c1-13(2)7-10(15-8-12(14)16)9-5-3-4-6-11(9)17-13/h3-6,10,15H,7-8H2,1-2H3,(H2,14,16). The van der Waals surface area contributed by atoms with Crippen molar-refractivity contribution >= 4 is 5.91 Å². The second-order valence-corrected chi connectivity index (χ2v) is 5.00. The van der Waals surface area contributed by atoms with Gasteiger partial charge in [0.1, 0.15) is 11.4 Å². The molecule has 0 spiro atoms. The van der Waals surface area contributed by atoms with Crippen molar-refractivity contribution in [3.05, 3.63) is 29.8 Å². The smallest absolute Gasteiger partial charge is 0.231 e. The van der Waals surface area contributed by atoms with Gasteiger partial charge in [0, 0.05) is 18.0 Å². The molecule has 4 nitrogen and oxygen atoms in total. The number of hydrogen-bond donors (Lipinski definition) is 2. The Hall–Kier alpha value is -1.55. The first kappa shape index (κ1) is 11.9. The largest absolute Gasteiger partial charge is 0.487 e. The molecule has 1 unspecified atom stereocenters. The van der Waals surface area contributed by atoms with E-state index in [1.165, 1.54) is 0 Å². The van der Waals surface area contributed by atoms with Crippen LogP contribution in [0.3, 0.4) is 0 Å². The van der Waals surface area contributed by atoms with Crippen LogP contribution in [-0.2, 0) is 4.79 Å². The number of hydrogen-bond acceptors (Lipinski definition) is 3. The summed E-state index contributed by atoms with van der Waals surface area (Å²) in [5.41, 5.74) is 6.02. The Balaban J connectivity index is 2.23. The predicted octanol–water partition coefficient (Wildman–Crippen LogP) is 1.36. The van der Waals surface area contributed by atoms with Crippen LogP contribution in [0.1, 0.15) is 31.9 Å². The molecule has 1 atom stereocenters. The molecule has 3 N–H and O–H groups in total. The molecular formula is C13H18N2O2. The van der Waals surface area contributed by atoms with Crippen molar-refractivity contribution in [3.8, 4) is 5.75 Å². The van der Waals surface area contributed by atoms with E-state index in [1.54, 1.807) is 0 Å². The number of nitrogens with two attached hydrogens (primary N) is 1. The zero-order chi connectivity index (χ0) is 12.5. The topological polar surface area (TPSA) is 64.3 Å². The molecule has 0 saturated carbocycles. The second kappa shape index (κ2) is 4.37. The van der Waals surface area contributed by atoms with Crippen LogP contribution in [-0.4, -0.2) is 18.1 Å². The molecule has 4 heteroatoms. The minimum absolute atomic E-state index is 0.113. The lowest BCUT2D eigenvalue weighted by molar-refractivity contribution is -0.117. The molecule has 1 heterocycles. The monoisotopic (exact) mass is 234 g/mol. The van der Waals surface area contributed by atoms with Crippen LogP contribution in [0.4, 0.5) is 0 Å². The van der Waals surface area contributed by atoms with E-state index in [4.69, 9.17) is 10.5 Å². The third kappa shape index (κ3) is 2.77. The molecule has 1 aliphatic heterocycles. The maximum Gasteiger partial charge on any atom is 0.231 e.